The van der Waals surface area contributed by atoms with Crippen LogP contribution in [0.5, 0.6) is 0 Å². The Bertz CT molecular complexity index is 1510. The number of rotatable bonds is 16. The van der Waals surface area contributed by atoms with Crippen LogP contribution in [-0.2, 0) is 62.5 Å². The van der Waals surface area contributed by atoms with E-state index in [-0.39, 0.29) is 13.2 Å². The lowest BCUT2D eigenvalue weighted by molar-refractivity contribution is -0.326. The van der Waals surface area contributed by atoms with Crippen molar-refractivity contribution in [1.82, 2.24) is 0 Å². The summed E-state index contributed by atoms with van der Waals surface area (Å²) in [7, 11) is 3.20. The first-order valence-electron chi connectivity index (χ1n) is 16.7. The van der Waals surface area contributed by atoms with Gasteiger partial charge in [0.2, 0.25) is 0 Å². The average molecular weight is 671 g/mol. The molecule has 0 saturated carbocycles. The van der Waals surface area contributed by atoms with Crippen LogP contribution in [0.15, 0.2) is 121 Å². The number of hydrogen-bond acceptors (Lipinski definition) is 9. The second kappa shape index (κ2) is 17.4. The molecule has 0 spiro atoms. The number of hydrogen-bond donors (Lipinski definition) is 0. The molecule has 0 aliphatic carbocycles. The van der Waals surface area contributed by atoms with Crippen LogP contribution >= 0.6 is 0 Å². The lowest BCUT2D eigenvalue weighted by Gasteiger charge is -2.43. The lowest BCUT2D eigenvalue weighted by atomic mass is 9.98. The van der Waals surface area contributed by atoms with E-state index in [0.29, 0.717) is 19.8 Å². The van der Waals surface area contributed by atoms with E-state index in [4.69, 9.17) is 42.6 Å². The highest BCUT2D eigenvalue weighted by Crippen LogP contribution is 2.42. The fraction of sp³-hybridized carbons (Fsp3) is 0.400. The molecule has 0 amide bonds. The maximum atomic E-state index is 6.91. The minimum atomic E-state index is -0.942. The zero-order chi connectivity index (χ0) is 33.9. The van der Waals surface area contributed by atoms with Gasteiger partial charge in [0.1, 0.15) is 30.0 Å². The molecule has 2 aliphatic rings. The van der Waals surface area contributed by atoms with Crippen molar-refractivity contribution in [2.45, 2.75) is 75.6 Å². The summed E-state index contributed by atoms with van der Waals surface area (Å²) in [5.74, 6) is 0. The molecule has 0 N–H and O–H groups in total. The van der Waals surface area contributed by atoms with Gasteiger partial charge in [-0.05, 0) is 23.6 Å². The molecule has 49 heavy (non-hydrogen) atoms. The van der Waals surface area contributed by atoms with E-state index >= 15 is 0 Å². The van der Waals surface area contributed by atoms with Crippen LogP contribution in [0.2, 0.25) is 0 Å². The predicted molar refractivity (Wildman–Crippen MR) is 182 cm³/mol. The molecule has 2 fully saturated rings. The summed E-state index contributed by atoms with van der Waals surface area (Å²) in [5.41, 5.74) is 3.04. The SMILES string of the molecule is COC(OC1C(OCc2ccccc2)[C@H](OC)OC[C@H]1OCc1ccccc1)C1O[C@H](c2ccccc2)OC1(C)COCc1ccccc1. The van der Waals surface area contributed by atoms with Gasteiger partial charge in [-0.15, -0.1) is 0 Å². The third kappa shape index (κ3) is 9.20. The van der Waals surface area contributed by atoms with E-state index in [1.807, 2.05) is 128 Å². The number of methoxy groups -OCH3 is 2. The Morgan fingerprint density at radius 3 is 1.82 bits per heavy atom. The third-order valence-corrected chi connectivity index (χ3v) is 8.80. The summed E-state index contributed by atoms with van der Waals surface area (Å²) < 4.78 is 57.5. The first-order valence-corrected chi connectivity index (χ1v) is 16.7. The van der Waals surface area contributed by atoms with Crippen LogP contribution in [0.1, 0.15) is 35.5 Å². The molecule has 9 heteroatoms. The van der Waals surface area contributed by atoms with Crippen LogP contribution in [0.25, 0.3) is 0 Å². The fourth-order valence-electron chi connectivity index (χ4n) is 6.17. The molecule has 260 valence electrons. The van der Waals surface area contributed by atoms with Gasteiger partial charge >= 0.3 is 0 Å². The molecular weight excluding hydrogens is 624 g/mol. The largest absolute Gasteiger partial charge is 0.374 e. The van der Waals surface area contributed by atoms with E-state index in [1.54, 1.807) is 14.2 Å². The summed E-state index contributed by atoms with van der Waals surface area (Å²) in [4.78, 5) is 0. The van der Waals surface area contributed by atoms with Crippen LogP contribution in [0, 0.1) is 0 Å². The molecule has 9 nitrogen and oxygen atoms in total. The van der Waals surface area contributed by atoms with Crippen molar-refractivity contribution in [3.8, 4) is 0 Å². The predicted octanol–water partition coefficient (Wildman–Crippen LogP) is 6.61. The molecule has 0 radical (unpaired) electrons. The van der Waals surface area contributed by atoms with Gasteiger partial charge in [-0.3, -0.25) is 0 Å². The quantitative estimate of drug-likeness (QED) is 0.122. The second-order valence-electron chi connectivity index (χ2n) is 12.4. The van der Waals surface area contributed by atoms with Gasteiger partial charge in [0.25, 0.3) is 0 Å². The Kier molecular flexibility index (Phi) is 12.6. The van der Waals surface area contributed by atoms with E-state index in [0.717, 1.165) is 22.3 Å². The Balaban J connectivity index is 1.26. The summed E-state index contributed by atoms with van der Waals surface area (Å²) in [6, 6.07) is 39.8. The summed E-state index contributed by atoms with van der Waals surface area (Å²) in [5, 5.41) is 0. The monoisotopic (exact) mass is 670 g/mol. The van der Waals surface area contributed by atoms with Crippen molar-refractivity contribution < 1.29 is 42.6 Å². The van der Waals surface area contributed by atoms with Crippen molar-refractivity contribution in [1.29, 1.82) is 0 Å². The van der Waals surface area contributed by atoms with Crippen molar-refractivity contribution in [3.63, 3.8) is 0 Å². The first-order chi connectivity index (χ1) is 24.1. The Morgan fingerprint density at radius 2 is 1.24 bits per heavy atom. The smallest absolute Gasteiger partial charge is 0.187 e. The van der Waals surface area contributed by atoms with Crippen LogP contribution in [0.4, 0.5) is 0 Å². The van der Waals surface area contributed by atoms with Gasteiger partial charge in [0, 0.05) is 19.8 Å². The van der Waals surface area contributed by atoms with Gasteiger partial charge in [0.05, 0.1) is 33.0 Å². The van der Waals surface area contributed by atoms with Gasteiger partial charge in [-0.2, -0.15) is 0 Å². The number of ether oxygens (including phenoxy) is 9. The molecule has 6 rings (SSSR count). The topological polar surface area (TPSA) is 83.1 Å². The molecule has 2 heterocycles. The molecule has 2 saturated heterocycles. The normalized spacial score (nSPS) is 27.6. The Labute approximate surface area is 288 Å². The van der Waals surface area contributed by atoms with Gasteiger partial charge in [-0.1, -0.05) is 121 Å². The zero-order valence-electron chi connectivity index (χ0n) is 28.3. The molecule has 0 aromatic heterocycles. The molecular formula is C40H46O9. The van der Waals surface area contributed by atoms with Crippen molar-refractivity contribution >= 4 is 0 Å². The lowest BCUT2D eigenvalue weighted by Crippen LogP contribution is -2.60. The molecule has 4 aromatic rings. The summed E-state index contributed by atoms with van der Waals surface area (Å²) >= 11 is 0. The van der Waals surface area contributed by atoms with Crippen molar-refractivity contribution in [3.05, 3.63) is 144 Å². The Hall–Kier alpha value is -3.48. The van der Waals surface area contributed by atoms with Gasteiger partial charge in [0.15, 0.2) is 18.9 Å². The van der Waals surface area contributed by atoms with Crippen LogP contribution < -0.4 is 0 Å². The third-order valence-electron chi connectivity index (χ3n) is 8.80. The maximum Gasteiger partial charge on any atom is 0.187 e. The first kappa shape index (κ1) is 35.3. The minimum absolute atomic E-state index is 0.226. The van der Waals surface area contributed by atoms with Crippen molar-refractivity contribution in [2.75, 3.05) is 27.4 Å². The van der Waals surface area contributed by atoms with Crippen LogP contribution in [0.3, 0.4) is 0 Å². The van der Waals surface area contributed by atoms with E-state index in [2.05, 4.69) is 0 Å². The maximum absolute atomic E-state index is 6.91. The highest BCUT2D eigenvalue weighted by atomic mass is 16.8. The van der Waals surface area contributed by atoms with E-state index in [9.17, 15) is 0 Å². The molecule has 5 unspecified atom stereocenters. The fourth-order valence-corrected chi connectivity index (χ4v) is 6.17. The second-order valence-corrected chi connectivity index (χ2v) is 12.4. The summed E-state index contributed by atoms with van der Waals surface area (Å²) in [6.07, 6.45) is -4.79. The molecule has 8 atom stereocenters. The molecule has 4 aromatic carbocycles. The standard InChI is InChI=1S/C40H46O9/c1-40(28-43-24-29-16-8-4-9-17-29)36(48-37(49-40)32-22-14-7-15-23-32)39(42-3)47-34-33(44-25-30-18-10-5-11-19-30)27-46-38(41-2)35(34)45-26-31-20-12-6-13-21-31/h4-23,33-39H,24-28H2,1-3H3/t33-,34?,35?,36?,37+,38-,39?,40?/m1/s1. The molecule has 0 bridgehead atoms. The highest BCUT2D eigenvalue weighted by molar-refractivity contribution is 5.18. The van der Waals surface area contributed by atoms with Gasteiger partial charge < -0.3 is 42.6 Å². The Morgan fingerprint density at radius 1 is 0.694 bits per heavy atom. The average Bonchev–Trinajstić information content (AvgIpc) is 3.50. The number of benzene rings is 4. The zero-order valence-corrected chi connectivity index (χ0v) is 28.3. The molecule has 2 aliphatic heterocycles. The minimum Gasteiger partial charge on any atom is -0.374 e. The highest BCUT2D eigenvalue weighted by Gasteiger charge is 2.54. The van der Waals surface area contributed by atoms with Crippen molar-refractivity contribution in [2.24, 2.45) is 0 Å². The summed E-state index contributed by atoms with van der Waals surface area (Å²) in [6.45, 7) is 3.53. The van der Waals surface area contributed by atoms with E-state index in [1.165, 1.54) is 0 Å². The van der Waals surface area contributed by atoms with Crippen LogP contribution in [-0.4, -0.2) is 70.0 Å². The van der Waals surface area contributed by atoms with Gasteiger partial charge in [-0.25, -0.2) is 0 Å². The van der Waals surface area contributed by atoms with E-state index < -0.39 is 48.9 Å².